The van der Waals surface area contributed by atoms with Crippen molar-refractivity contribution in [3.8, 4) is 0 Å². The summed E-state index contributed by atoms with van der Waals surface area (Å²) in [5, 5.41) is 4.17. The van der Waals surface area contributed by atoms with Crippen molar-refractivity contribution in [3.63, 3.8) is 0 Å². The first-order valence-corrected chi connectivity index (χ1v) is 5.08. The van der Waals surface area contributed by atoms with Crippen LogP contribution in [0.2, 0.25) is 5.15 Å². The van der Waals surface area contributed by atoms with E-state index in [1.165, 1.54) is 23.9 Å². The van der Waals surface area contributed by atoms with Gasteiger partial charge in [0.15, 0.2) is 10.8 Å². The topological polar surface area (TPSA) is 56.5 Å². The molecule has 0 amide bonds. The normalized spacial score (nSPS) is 10.6. The number of hydrogen-bond donors (Lipinski definition) is 0. The lowest BCUT2D eigenvalue weighted by Crippen LogP contribution is -2.06. The molecule has 0 aliphatic carbocycles. The Morgan fingerprint density at radius 1 is 1.67 bits per heavy atom. The average molecular weight is 291 g/mol. The minimum absolute atomic E-state index is 0.196. The Balaban J connectivity index is 2.78. The number of halogens is 2. The number of carbonyl (C=O) groups excluding carboxylic acids is 1. The maximum Gasteiger partial charge on any atom is 0.341 e. The largest absolute Gasteiger partial charge is 0.465 e. The van der Waals surface area contributed by atoms with E-state index in [4.69, 9.17) is 11.6 Å². The average Bonchev–Trinajstić information content (AvgIpc) is 2.58. The second-order valence-electron chi connectivity index (χ2n) is 2.69. The Kier molecular flexibility index (Phi) is 2.62. The molecule has 0 saturated carbocycles. The quantitative estimate of drug-likeness (QED) is 0.753. The van der Waals surface area contributed by atoms with Crippen molar-refractivity contribution in [2.75, 3.05) is 7.11 Å². The van der Waals surface area contributed by atoms with Crippen LogP contribution in [0.5, 0.6) is 0 Å². The summed E-state index contributed by atoms with van der Waals surface area (Å²) in [6.45, 7) is 0. The number of nitrogens with zero attached hydrogens (tertiary/aromatic N) is 3. The van der Waals surface area contributed by atoms with Crippen molar-refractivity contribution in [1.29, 1.82) is 0 Å². The summed E-state index contributed by atoms with van der Waals surface area (Å²) in [6.07, 6.45) is 1.53. The predicted molar refractivity (Wildman–Crippen MR) is 57.0 cm³/mol. The number of aromatic nitrogens is 3. The van der Waals surface area contributed by atoms with Crippen LogP contribution in [0, 0.1) is 0 Å². The highest BCUT2D eigenvalue weighted by Crippen LogP contribution is 2.18. The third-order valence-corrected chi connectivity index (χ3v) is 2.53. The van der Waals surface area contributed by atoms with Crippen LogP contribution in [0.25, 0.3) is 5.65 Å². The molecule has 0 radical (unpaired) electrons. The maximum absolute atomic E-state index is 11.4. The molecule has 0 saturated heterocycles. The number of hydrogen-bond acceptors (Lipinski definition) is 4. The summed E-state index contributed by atoms with van der Waals surface area (Å²) >= 11 is 9.00. The van der Waals surface area contributed by atoms with Gasteiger partial charge in [-0.3, -0.25) is 0 Å². The van der Waals surface area contributed by atoms with Gasteiger partial charge >= 0.3 is 5.97 Å². The van der Waals surface area contributed by atoms with Gasteiger partial charge in [-0.2, -0.15) is 5.10 Å². The molecule has 2 heterocycles. The molecule has 0 aromatic carbocycles. The fraction of sp³-hybridized carbons (Fsp3) is 0.125. The van der Waals surface area contributed by atoms with Gasteiger partial charge in [-0.15, -0.1) is 0 Å². The van der Waals surface area contributed by atoms with Crippen molar-refractivity contribution in [2.24, 2.45) is 0 Å². The van der Waals surface area contributed by atoms with E-state index in [1.807, 2.05) is 0 Å². The van der Waals surface area contributed by atoms with Gasteiger partial charge in [0, 0.05) is 0 Å². The summed E-state index contributed by atoms with van der Waals surface area (Å²) < 4.78 is 6.66. The number of rotatable bonds is 1. The Bertz CT molecular complexity index is 540. The summed E-state index contributed by atoms with van der Waals surface area (Å²) in [7, 11) is 1.30. The van der Waals surface area contributed by atoms with Crippen molar-refractivity contribution < 1.29 is 9.53 Å². The van der Waals surface area contributed by atoms with Crippen LogP contribution in [0.1, 0.15) is 10.4 Å². The van der Waals surface area contributed by atoms with Gasteiger partial charge < -0.3 is 4.74 Å². The summed E-state index contributed by atoms with van der Waals surface area (Å²) in [5.41, 5.74) is 0.682. The van der Waals surface area contributed by atoms with E-state index >= 15 is 0 Å². The predicted octanol–water partition coefficient (Wildman–Crippen LogP) is 1.93. The van der Waals surface area contributed by atoms with Crippen LogP contribution in [-0.2, 0) is 4.74 Å². The number of esters is 1. The zero-order valence-electron chi connectivity index (χ0n) is 7.57. The van der Waals surface area contributed by atoms with Gasteiger partial charge in [0.05, 0.1) is 13.3 Å². The van der Waals surface area contributed by atoms with Crippen LogP contribution in [0.3, 0.4) is 0 Å². The van der Waals surface area contributed by atoms with Gasteiger partial charge in [0.1, 0.15) is 10.2 Å². The van der Waals surface area contributed by atoms with Crippen LogP contribution >= 0.6 is 27.5 Å². The standard InChI is InChI=1S/C8H5BrClN3O2/c1-15-8(14)4-2-6(10)12-13-5(9)3-11-7(4)13/h2-3H,1H3. The molecular formula is C8H5BrClN3O2. The molecule has 0 fully saturated rings. The number of fused-ring (bicyclic) bond motifs is 1. The second kappa shape index (κ2) is 3.79. The molecule has 2 aromatic heterocycles. The van der Waals surface area contributed by atoms with Gasteiger partial charge in [-0.05, 0) is 22.0 Å². The lowest BCUT2D eigenvalue weighted by Gasteiger charge is -2.02. The van der Waals surface area contributed by atoms with Gasteiger partial charge in [0.25, 0.3) is 0 Å². The molecular weight excluding hydrogens is 285 g/mol. The Morgan fingerprint density at radius 3 is 3.07 bits per heavy atom. The van der Waals surface area contributed by atoms with Crippen LogP contribution in [0.4, 0.5) is 0 Å². The maximum atomic E-state index is 11.4. The van der Waals surface area contributed by atoms with Gasteiger partial charge in [-0.1, -0.05) is 11.6 Å². The molecule has 0 unspecified atom stereocenters. The molecule has 0 aliphatic heterocycles. The minimum Gasteiger partial charge on any atom is -0.465 e. The lowest BCUT2D eigenvalue weighted by molar-refractivity contribution is 0.0602. The number of ether oxygens (including phenoxy) is 1. The first-order valence-electron chi connectivity index (χ1n) is 3.91. The Hall–Kier alpha value is -1.14. The van der Waals surface area contributed by atoms with Crippen LogP contribution in [-0.4, -0.2) is 27.7 Å². The van der Waals surface area contributed by atoms with Crippen LogP contribution in [0.15, 0.2) is 16.9 Å². The molecule has 15 heavy (non-hydrogen) atoms. The highest BCUT2D eigenvalue weighted by Gasteiger charge is 2.15. The fourth-order valence-corrected chi connectivity index (χ4v) is 1.71. The minimum atomic E-state index is -0.498. The smallest absolute Gasteiger partial charge is 0.341 e. The molecule has 78 valence electrons. The Labute approximate surface area is 98.1 Å². The van der Waals surface area contributed by atoms with Crippen LogP contribution < -0.4 is 0 Å². The van der Waals surface area contributed by atoms with Gasteiger partial charge in [-0.25, -0.2) is 14.3 Å². The van der Waals surface area contributed by atoms with Crippen molar-refractivity contribution in [1.82, 2.24) is 14.6 Å². The summed E-state index contributed by atoms with van der Waals surface area (Å²) in [5.74, 6) is -0.498. The third kappa shape index (κ3) is 1.70. The van der Waals surface area contributed by atoms with Crippen molar-refractivity contribution in [2.45, 2.75) is 0 Å². The zero-order valence-corrected chi connectivity index (χ0v) is 9.91. The highest BCUT2D eigenvalue weighted by molar-refractivity contribution is 9.10. The molecule has 2 rings (SSSR count). The second-order valence-corrected chi connectivity index (χ2v) is 3.89. The van der Waals surface area contributed by atoms with Crippen molar-refractivity contribution in [3.05, 3.63) is 27.6 Å². The van der Waals surface area contributed by atoms with E-state index in [9.17, 15) is 4.79 Å². The van der Waals surface area contributed by atoms with E-state index in [-0.39, 0.29) is 10.7 Å². The number of carbonyl (C=O) groups is 1. The third-order valence-electron chi connectivity index (χ3n) is 1.80. The van der Waals surface area contributed by atoms with Crippen molar-refractivity contribution >= 4 is 39.1 Å². The molecule has 0 bridgehead atoms. The number of imidazole rings is 1. The first-order chi connectivity index (χ1) is 7.13. The highest BCUT2D eigenvalue weighted by atomic mass is 79.9. The van der Waals surface area contributed by atoms with Gasteiger partial charge in [0.2, 0.25) is 0 Å². The molecule has 0 atom stereocenters. The molecule has 5 nitrogen and oxygen atoms in total. The van der Waals surface area contributed by atoms with E-state index in [0.29, 0.717) is 10.3 Å². The lowest BCUT2D eigenvalue weighted by atomic mass is 10.3. The first kappa shape index (κ1) is 10.4. The van der Waals surface area contributed by atoms with E-state index in [1.54, 1.807) is 0 Å². The SMILES string of the molecule is COC(=O)c1cc(Cl)nn2c(Br)cnc12. The van der Waals surface area contributed by atoms with E-state index in [2.05, 4.69) is 30.7 Å². The summed E-state index contributed by atoms with van der Waals surface area (Å²) in [4.78, 5) is 15.4. The van der Waals surface area contributed by atoms with E-state index < -0.39 is 5.97 Å². The Morgan fingerprint density at radius 2 is 2.40 bits per heavy atom. The molecule has 2 aromatic rings. The summed E-state index contributed by atoms with van der Waals surface area (Å²) in [6, 6.07) is 1.42. The molecule has 0 spiro atoms. The molecule has 0 aliphatic rings. The fourth-order valence-electron chi connectivity index (χ4n) is 1.17. The monoisotopic (exact) mass is 289 g/mol. The molecule has 0 N–H and O–H groups in total. The zero-order chi connectivity index (χ0) is 11.0. The molecule has 7 heteroatoms. The van der Waals surface area contributed by atoms with E-state index in [0.717, 1.165) is 0 Å². The number of methoxy groups -OCH3 is 1.